The Balaban J connectivity index is 1.47. The molecular formula is C29H32O11. The number of aromatic hydroxyl groups is 1. The van der Waals surface area contributed by atoms with Gasteiger partial charge in [0.25, 0.3) is 0 Å². The van der Waals surface area contributed by atoms with Gasteiger partial charge in [0, 0.05) is 29.9 Å². The summed E-state index contributed by atoms with van der Waals surface area (Å²) in [6, 6.07) is 1.90. The molecule has 11 heteroatoms. The van der Waals surface area contributed by atoms with Crippen LogP contribution in [0.5, 0.6) is 17.2 Å². The summed E-state index contributed by atoms with van der Waals surface area (Å²) < 4.78 is 48.4. The van der Waals surface area contributed by atoms with E-state index in [0.717, 1.165) is 12.0 Å². The van der Waals surface area contributed by atoms with Gasteiger partial charge in [0.2, 0.25) is 0 Å². The molecule has 0 aromatic heterocycles. The van der Waals surface area contributed by atoms with Crippen molar-refractivity contribution in [2.24, 2.45) is 0 Å². The Labute approximate surface area is 230 Å². The fourth-order valence-corrected chi connectivity index (χ4v) is 6.72. The molecule has 0 bridgehead atoms. The fraction of sp³-hybridized carbons (Fsp3) is 0.586. The number of carbonyl (C=O) groups is 2. The second kappa shape index (κ2) is 9.28. The minimum absolute atomic E-state index is 0.0867. The summed E-state index contributed by atoms with van der Waals surface area (Å²) in [6.07, 6.45) is 0.131. The van der Waals surface area contributed by atoms with Crippen molar-refractivity contribution in [3.8, 4) is 17.2 Å². The van der Waals surface area contributed by atoms with E-state index >= 15 is 0 Å². The van der Waals surface area contributed by atoms with Crippen molar-refractivity contribution in [2.75, 3.05) is 40.1 Å². The number of fused-ring (bicyclic) bond motifs is 6. The van der Waals surface area contributed by atoms with Crippen molar-refractivity contribution in [1.82, 2.24) is 0 Å². The second-order valence-corrected chi connectivity index (χ2v) is 11.0. The Kier molecular flexibility index (Phi) is 6.03. The first-order valence-corrected chi connectivity index (χ1v) is 13.7. The molecule has 0 radical (unpaired) electrons. The van der Waals surface area contributed by atoms with Crippen LogP contribution in [0.2, 0.25) is 0 Å². The topological polar surface area (TPSA) is 132 Å². The highest BCUT2D eigenvalue weighted by Crippen LogP contribution is 2.61. The van der Waals surface area contributed by atoms with E-state index in [9.17, 15) is 14.7 Å². The molecule has 4 atom stereocenters. The minimum Gasteiger partial charge on any atom is -0.506 e. The zero-order chi connectivity index (χ0) is 27.8. The SMILES string of the molecule is COc1c2c(c(O)c3c4c(c(C)cc13)[C@H](OCC1OCCCO1)[C@@H]1OC[C@]3(CO3)[C@]1(OC(C)=O)O4)C(=O)CCC2. The summed E-state index contributed by atoms with van der Waals surface area (Å²) in [6.45, 7) is 4.78. The number of benzene rings is 2. The zero-order valence-electron chi connectivity index (χ0n) is 22.7. The molecule has 4 aliphatic heterocycles. The van der Waals surface area contributed by atoms with E-state index in [0.29, 0.717) is 54.7 Å². The van der Waals surface area contributed by atoms with Gasteiger partial charge in [-0.05, 0) is 37.8 Å². The molecule has 4 heterocycles. The molecule has 0 saturated carbocycles. The number of aryl methyl sites for hydroxylation is 1. The molecule has 1 spiro atoms. The molecule has 0 amide bonds. The van der Waals surface area contributed by atoms with Gasteiger partial charge in [-0.25, -0.2) is 0 Å². The Hall–Kier alpha value is -2.96. The quantitative estimate of drug-likeness (QED) is 0.431. The minimum atomic E-state index is -1.69. The molecule has 40 heavy (non-hydrogen) atoms. The Morgan fingerprint density at radius 3 is 2.62 bits per heavy atom. The van der Waals surface area contributed by atoms with Gasteiger partial charge in [0.05, 0.1) is 51.1 Å². The smallest absolute Gasteiger partial charge is 0.316 e. The zero-order valence-corrected chi connectivity index (χ0v) is 22.7. The van der Waals surface area contributed by atoms with Crippen molar-refractivity contribution in [1.29, 1.82) is 0 Å². The molecular weight excluding hydrogens is 524 g/mol. The van der Waals surface area contributed by atoms with Crippen LogP contribution in [0.1, 0.15) is 59.3 Å². The molecule has 3 fully saturated rings. The normalized spacial score (nSPS) is 30.9. The van der Waals surface area contributed by atoms with Gasteiger partial charge in [-0.3, -0.25) is 9.59 Å². The number of phenolic OH excluding ortho intramolecular Hbond substituents is 1. The van der Waals surface area contributed by atoms with Crippen molar-refractivity contribution < 1.29 is 52.6 Å². The predicted molar refractivity (Wildman–Crippen MR) is 137 cm³/mol. The number of rotatable bonds is 5. The van der Waals surface area contributed by atoms with E-state index in [1.807, 2.05) is 13.0 Å². The maximum atomic E-state index is 13.1. The largest absolute Gasteiger partial charge is 0.506 e. The maximum absolute atomic E-state index is 13.1. The number of hydrogen-bond donors (Lipinski definition) is 1. The molecule has 1 aliphatic carbocycles. The van der Waals surface area contributed by atoms with Crippen LogP contribution in [0.3, 0.4) is 0 Å². The number of epoxide rings is 1. The summed E-state index contributed by atoms with van der Waals surface area (Å²) in [5, 5.41) is 12.6. The predicted octanol–water partition coefficient (Wildman–Crippen LogP) is 3.02. The number of Topliss-reactive ketones (excluding diaryl/α,β-unsaturated/α-hetero) is 1. The first kappa shape index (κ1) is 26.0. The number of hydrogen-bond acceptors (Lipinski definition) is 11. The number of esters is 1. The average Bonchev–Trinajstić information content (AvgIpc) is 3.66. The molecule has 3 saturated heterocycles. The summed E-state index contributed by atoms with van der Waals surface area (Å²) in [5.41, 5.74) is 1.26. The summed E-state index contributed by atoms with van der Waals surface area (Å²) in [4.78, 5) is 25.6. The third-order valence-electron chi connectivity index (χ3n) is 8.55. The first-order valence-electron chi connectivity index (χ1n) is 13.7. The number of ether oxygens (including phenoxy) is 8. The van der Waals surface area contributed by atoms with E-state index < -0.39 is 35.9 Å². The van der Waals surface area contributed by atoms with Crippen LogP contribution in [0.4, 0.5) is 0 Å². The number of ketones is 1. The molecule has 214 valence electrons. The van der Waals surface area contributed by atoms with Gasteiger partial charge in [0.1, 0.15) is 23.4 Å². The molecule has 5 aliphatic rings. The van der Waals surface area contributed by atoms with Gasteiger partial charge in [-0.1, -0.05) is 0 Å². The molecule has 11 nitrogen and oxygen atoms in total. The number of methoxy groups -OCH3 is 1. The Bertz CT molecular complexity index is 1410. The van der Waals surface area contributed by atoms with Crippen LogP contribution in [0, 0.1) is 6.92 Å². The van der Waals surface area contributed by atoms with Crippen molar-refractivity contribution in [2.45, 2.75) is 69.4 Å². The summed E-state index contributed by atoms with van der Waals surface area (Å²) in [5.74, 6) is -1.88. The lowest BCUT2D eigenvalue weighted by Crippen LogP contribution is -2.61. The first-order chi connectivity index (χ1) is 19.3. The van der Waals surface area contributed by atoms with E-state index in [1.165, 1.54) is 6.92 Å². The van der Waals surface area contributed by atoms with Crippen LogP contribution in [0.25, 0.3) is 10.8 Å². The van der Waals surface area contributed by atoms with Crippen LogP contribution in [0.15, 0.2) is 6.07 Å². The van der Waals surface area contributed by atoms with Crippen LogP contribution >= 0.6 is 0 Å². The van der Waals surface area contributed by atoms with Crippen molar-refractivity contribution in [3.63, 3.8) is 0 Å². The van der Waals surface area contributed by atoms with Crippen molar-refractivity contribution >= 4 is 22.5 Å². The van der Waals surface area contributed by atoms with E-state index in [2.05, 4.69) is 0 Å². The van der Waals surface area contributed by atoms with Gasteiger partial charge in [-0.15, -0.1) is 0 Å². The van der Waals surface area contributed by atoms with E-state index in [-0.39, 0.29) is 48.1 Å². The van der Waals surface area contributed by atoms with E-state index in [1.54, 1.807) is 7.11 Å². The Morgan fingerprint density at radius 2 is 1.93 bits per heavy atom. The third kappa shape index (κ3) is 3.61. The lowest BCUT2D eigenvalue weighted by Gasteiger charge is -2.44. The molecule has 2 aromatic carbocycles. The third-order valence-corrected chi connectivity index (χ3v) is 8.55. The lowest BCUT2D eigenvalue weighted by atomic mass is 9.81. The standard InChI is InChI=1S/C29H32O11/c1-14-10-17-22(23(32)21-16(24(17)33-3)6-4-7-18(21)31)25-20(14)26(36-11-19-34-8-5-9-35-19)27-29(40-25,39-15(2)30)28(12-37-27)13-38-28/h10,19,26-27,32H,4-9,11-13H2,1-3H3/t26-,27-,28-,29+/m0/s1. The Morgan fingerprint density at radius 1 is 1.15 bits per heavy atom. The molecule has 0 unspecified atom stereocenters. The monoisotopic (exact) mass is 556 g/mol. The van der Waals surface area contributed by atoms with Gasteiger partial charge in [-0.2, -0.15) is 0 Å². The van der Waals surface area contributed by atoms with Gasteiger partial charge >= 0.3 is 11.8 Å². The summed E-state index contributed by atoms with van der Waals surface area (Å²) >= 11 is 0. The summed E-state index contributed by atoms with van der Waals surface area (Å²) in [7, 11) is 1.55. The van der Waals surface area contributed by atoms with E-state index in [4.69, 9.17) is 37.9 Å². The fourth-order valence-electron chi connectivity index (χ4n) is 6.72. The highest BCUT2D eigenvalue weighted by molar-refractivity contribution is 6.11. The average molecular weight is 557 g/mol. The van der Waals surface area contributed by atoms with Crippen LogP contribution in [-0.2, 0) is 39.6 Å². The van der Waals surface area contributed by atoms with Crippen LogP contribution < -0.4 is 9.47 Å². The van der Waals surface area contributed by atoms with Crippen LogP contribution in [-0.4, -0.2) is 80.8 Å². The maximum Gasteiger partial charge on any atom is 0.316 e. The lowest BCUT2D eigenvalue weighted by molar-refractivity contribution is -0.267. The molecule has 2 aromatic rings. The van der Waals surface area contributed by atoms with Gasteiger partial charge in [0.15, 0.2) is 23.8 Å². The molecule has 1 N–H and O–H groups in total. The second-order valence-electron chi connectivity index (χ2n) is 11.0. The van der Waals surface area contributed by atoms with Gasteiger partial charge < -0.3 is 43.0 Å². The number of phenols is 1. The highest BCUT2D eigenvalue weighted by Gasteiger charge is 2.78. The van der Waals surface area contributed by atoms with Crippen molar-refractivity contribution in [3.05, 3.63) is 28.3 Å². The molecule has 7 rings (SSSR count). The highest BCUT2D eigenvalue weighted by atomic mass is 16.8. The number of carbonyl (C=O) groups excluding carboxylic acids is 2.